The van der Waals surface area contributed by atoms with Crippen LogP contribution in [0.25, 0.3) is 0 Å². The molecule has 2 aromatic rings. The van der Waals surface area contributed by atoms with Crippen molar-refractivity contribution in [2.45, 2.75) is 6.54 Å². The highest BCUT2D eigenvalue weighted by Gasteiger charge is 2.02. The van der Waals surface area contributed by atoms with Crippen LogP contribution in [0.5, 0.6) is 5.75 Å². The van der Waals surface area contributed by atoms with E-state index in [1.807, 2.05) is 30.3 Å². The summed E-state index contributed by atoms with van der Waals surface area (Å²) in [5.41, 5.74) is 2.24. The van der Waals surface area contributed by atoms with Gasteiger partial charge >= 0.3 is 0 Å². The molecule has 0 unspecified atom stereocenters. The average molecular weight is 371 g/mol. The van der Waals surface area contributed by atoms with E-state index in [0.717, 1.165) is 26.9 Å². The van der Waals surface area contributed by atoms with E-state index in [2.05, 4.69) is 49.3 Å². The molecule has 0 spiro atoms. The van der Waals surface area contributed by atoms with Crippen LogP contribution < -0.4 is 10.1 Å². The molecule has 0 aromatic heterocycles. The topological polar surface area (TPSA) is 21.3 Å². The minimum atomic E-state index is 0.769. The Balaban J connectivity index is 2.10. The molecule has 0 amide bonds. The van der Waals surface area contributed by atoms with Gasteiger partial charge in [-0.2, -0.15) is 0 Å². The number of hydrogen-bond donors (Lipinski definition) is 1. The van der Waals surface area contributed by atoms with Gasteiger partial charge in [0.2, 0.25) is 0 Å². The van der Waals surface area contributed by atoms with Crippen LogP contribution in [0.2, 0.25) is 0 Å². The second-order valence-electron chi connectivity index (χ2n) is 3.83. The van der Waals surface area contributed by atoms with E-state index in [-0.39, 0.29) is 0 Å². The van der Waals surface area contributed by atoms with Crippen LogP contribution in [0.15, 0.2) is 51.4 Å². The maximum absolute atomic E-state index is 5.21. The van der Waals surface area contributed by atoms with Crippen LogP contribution >= 0.6 is 31.9 Å². The number of ether oxygens (including phenoxy) is 1. The standard InChI is InChI=1S/C14H13Br2NO/c1-18-12-5-6-13(16)14(8-12)17-9-10-3-2-4-11(15)7-10/h2-8,17H,9H2,1H3. The zero-order valence-corrected chi connectivity index (χ0v) is 13.1. The lowest BCUT2D eigenvalue weighted by Crippen LogP contribution is -2.00. The zero-order valence-electron chi connectivity index (χ0n) is 9.91. The van der Waals surface area contributed by atoms with Gasteiger partial charge in [0.1, 0.15) is 5.75 Å². The molecule has 0 aliphatic rings. The Hall–Kier alpha value is -1.00. The highest BCUT2D eigenvalue weighted by Crippen LogP contribution is 2.27. The number of benzene rings is 2. The molecule has 0 aliphatic carbocycles. The van der Waals surface area contributed by atoms with Crippen LogP contribution in [-0.2, 0) is 6.54 Å². The van der Waals surface area contributed by atoms with Crippen LogP contribution in [0.3, 0.4) is 0 Å². The minimum absolute atomic E-state index is 0.769. The molecule has 2 aromatic carbocycles. The van der Waals surface area contributed by atoms with Crippen LogP contribution in [0, 0.1) is 0 Å². The van der Waals surface area contributed by atoms with Crippen molar-refractivity contribution in [3.63, 3.8) is 0 Å². The Morgan fingerprint density at radius 2 is 1.94 bits per heavy atom. The summed E-state index contributed by atoms with van der Waals surface area (Å²) in [6.45, 7) is 0.769. The summed E-state index contributed by atoms with van der Waals surface area (Å²) in [7, 11) is 1.67. The number of anilines is 1. The Labute approximate surface area is 124 Å². The predicted molar refractivity (Wildman–Crippen MR) is 82.2 cm³/mol. The summed E-state index contributed by atoms with van der Waals surface area (Å²) in [5, 5.41) is 3.38. The van der Waals surface area contributed by atoms with Gasteiger partial charge in [-0.1, -0.05) is 28.1 Å². The van der Waals surface area contributed by atoms with Crippen molar-refractivity contribution >= 4 is 37.5 Å². The van der Waals surface area contributed by atoms with Gasteiger partial charge in [0.25, 0.3) is 0 Å². The molecule has 18 heavy (non-hydrogen) atoms. The molecule has 0 atom stereocenters. The van der Waals surface area contributed by atoms with E-state index >= 15 is 0 Å². The minimum Gasteiger partial charge on any atom is -0.497 e. The third-order valence-electron chi connectivity index (χ3n) is 2.55. The Bertz CT molecular complexity index is 543. The molecular weight excluding hydrogens is 358 g/mol. The first-order chi connectivity index (χ1) is 8.69. The molecule has 2 nitrogen and oxygen atoms in total. The van der Waals surface area contributed by atoms with Crippen molar-refractivity contribution in [1.29, 1.82) is 0 Å². The van der Waals surface area contributed by atoms with E-state index in [0.29, 0.717) is 0 Å². The fourth-order valence-corrected chi connectivity index (χ4v) is 2.44. The maximum Gasteiger partial charge on any atom is 0.121 e. The van der Waals surface area contributed by atoms with Gasteiger partial charge in [-0.15, -0.1) is 0 Å². The van der Waals surface area contributed by atoms with Gasteiger partial charge in [-0.3, -0.25) is 0 Å². The summed E-state index contributed by atoms with van der Waals surface area (Å²) in [6.07, 6.45) is 0. The third-order valence-corrected chi connectivity index (χ3v) is 3.73. The fourth-order valence-electron chi connectivity index (χ4n) is 1.61. The highest BCUT2D eigenvalue weighted by molar-refractivity contribution is 9.10. The molecule has 0 saturated carbocycles. The molecule has 4 heteroatoms. The quantitative estimate of drug-likeness (QED) is 0.831. The van der Waals surface area contributed by atoms with E-state index in [4.69, 9.17) is 4.74 Å². The van der Waals surface area contributed by atoms with E-state index in [1.54, 1.807) is 7.11 Å². The molecule has 0 radical (unpaired) electrons. The number of methoxy groups -OCH3 is 1. The largest absolute Gasteiger partial charge is 0.497 e. The molecule has 2 rings (SSSR count). The van der Waals surface area contributed by atoms with Gasteiger partial charge in [-0.25, -0.2) is 0 Å². The fraction of sp³-hybridized carbons (Fsp3) is 0.143. The zero-order chi connectivity index (χ0) is 13.0. The van der Waals surface area contributed by atoms with Crippen molar-refractivity contribution < 1.29 is 4.74 Å². The van der Waals surface area contributed by atoms with Gasteiger partial charge < -0.3 is 10.1 Å². The van der Waals surface area contributed by atoms with Crippen molar-refractivity contribution in [2.24, 2.45) is 0 Å². The Kier molecular flexibility index (Phi) is 4.66. The molecule has 0 heterocycles. The second kappa shape index (κ2) is 6.25. The number of hydrogen-bond acceptors (Lipinski definition) is 2. The Morgan fingerprint density at radius 3 is 2.67 bits per heavy atom. The van der Waals surface area contributed by atoms with Crippen LogP contribution in [0.1, 0.15) is 5.56 Å². The molecule has 0 aliphatic heterocycles. The van der Waals surface area contributed by atoms with E-state index < -0.39 is 0 Å². The van der Waals surface area contributed by atoms with E-state index in [1.165, 1.54) is 5.56 Å². The van der Waals surface area contributed by atoms with Gasteiger partial charge in [-0.05, 0) is 45.8 Å². The van der Waals surface area contributed by atoms with Gasteiger partial charge in [0.15, 0.2) is 0 Å². The lowest BCUT2D eigenvalue weighted by molar-refractivity contribution is 0.415. The van der Waals surface area contributed by atoms with Gasteiger partial charge in [0.05, 0.1) is 12.8 Å². The molecule has 0 fully saturated rings. The Morgan fingerprint density at radius 1 is 1.11 bits per heavy atom. The molecule has 0 bridgehead atoms. The highest BCUT2D eigenvalue weighted by atomic mass is 79.9. The molecule has 1 N–H and O–H groups in total. The predicted octanol–water partition coefficient (Wildman–Crippen LogP) is 4.83. The number of nitrogens with one attached hydrogen (secondary N) is 1. The van der Waals surface area contributed by atoms with Crippen LogP contribution in [-0.4, -0.2) is 7.11 Å². The van der Waals surface area contributed by atoms with Crippen molar-refractivity contribution in [2.75, 3.05) is 12.4 Å². The molecule has 94 valence electrons. The monoisotopic (exact) mass is 369 g/mol. The SMILES string of the molecule is COc1ccc(Br)c(NCc2cccc(Br)c2)c1. The summed E-state index contributed by atoms with van der Waals surface area (Å²) < 4.78 is 7.33. The lowest BCUT2D eigenvalue weighted by atomic mass is 10.2. The summed E-state index contributed by atoms with van der Waals surface area (Å²) >= 11 is 6.99. The first kappa shape index (κ1) is 13.4. The maximum atomic E-state index is 5.21. The summed E-state index contributed by atoms with van der Waals surface area (Å²) in [4.78, 5) is 0. The average Bonchev–Trinajstić information content (AvgIpc) is 2.38. The van der Waals surface area contributed by atoms with Gasteiger partial charge in [0, 0.05) is 21.6 Å². The molecular formula is C14H13Br2NO. The third kappa shape index (κ3) is 3.50. The van der Waals surface area contributed by atoms with Crippen molar-refractivity contribution in [3.05, 3.63) is 57.0 Å². The van der Waals surface area contributed by atoms with Crippen LogP contribution in [0.4, 0.5) is 5.69 Å². The summed E-state index contributed by atoms with van der Waals surface area (Å²) in [6, 6.07) is 14.1. The first-order valence-electron chi connectivity index (χ1n) is 5.51. The number of halogens is 2. The number of rotatable bonds is 4. The van der Waals surface area contributed by atoms with E-state index in [9.17, 15) is 0 Å². The summed E-state index contributed by atoms with van der Waals surface area (Å²) in [5.74, 6) is 0.843. The van der Waals surface area contributed by atoms with Crippen molar-refractivity contribution in [3.8, 4) is 5.75 Å². The van der Waals surface area contributed by atoms with Crippen molar-refractivity contribution in [1.82, 2.24) is 0 Å². The lowest BCUT2D eigenvalue weighted by Gasteiger charge is -2.10. The first-order valence-corrected chi connectivity index (χ1v) is 7.09. The smallest absolute Gasteiger partial charge is 0.121 e. The second-order valence-corrected chi connectivity index (χ2v) is 5.60. The molecule has 0 saturated heterocycles. The normalized spacial score (nSPS) is 10.2.